The van der Waals surface area contributed by atoms with Gasteiger partial charge in [-0.2, -0.15) is 13.2 Å². The van der Waals surface area contributed by atoms with Crippen molar-refractivity contribution in [1.82, 2.24) is 4.98 Å². The summed E-state index contributed by atoms with van der Waals surface area (Å²) in [6, 6.07) is 6.45. The van der Waals surface area contributed by atoms with Crippen LogP contribution in [0, 0.1) is 0 Å². The maximum absolute atomic E-state index is 12.6. The first kappa shape index (κ1) is 15.1. The van der Waals surface area contributed by atoms with Gasteiger partial charge in [0.15, 0.2) is 0 Å². The summed E-state index contributed by atoms with van der Waals surface area (Å²) in [6.07, 6.45) is -3.53. The molecule has 0 aliphatic carbocycles. The number of hydrogen-bond acceptors (Lipinski definition) is 3. The highest BCUT2D eigenvalue weighted by atomic mass is 35.5. The molecule has 1 heterocycles. The van der Waals surface area contributed by atoms with Gasteiger partial charge in [-0.1, -0.05) is 11.6 Å². The Morgan fingerprint density at radius 2 is 1.95 bits per heavy atom. The second kappa shape index (κ2) is 5.61. The van der Waals surface area contributed by atoms with E-state index in [9.17, 15) is 18.0 Å². The van der Waals surface area contributed by atoms with Crippen molar-refractivity contribution >= 4 is 28.9 Å². The van der Waals surface area contributed by atoms with Gasteiger partial charge >= 0.3 is 6.18 Å². The van der Waals surface area contributed by atoms with E-state index in [2.05, 4.69) is 10.3 Å². The fraction of sp³-hybridized carbons (Fsp3) is 0.0769. The molecule has 0 bridgehead atoms. The Kier molecular flexibility index (Phi) is 4.04. The highest BCUT2D eigenvalue weighted by Gasteiger charge is 2.32. The van der Waals surface area contributed by atoms with Gasteiger partial charge in [0.25, 0.3) is 5.91 Å². The van der Waals surface area contributed by atoms with Crippen LogP contribution in [0.2, 0.25) is 5.02 Å². The number of alkyl halides is 3. The van der Waals surface area contributed by atoms with Gasteiger partial charge in [-0.05, 0) is 30.3 Å². The number of halogens is 4. The predicted molar refractivity (Wildman–Crippen MR) is 72.5 cm³/mol. The average molecular weight is 316 g/mol. The third kappa shape index (κ3) is 3.63. The third-order valence-electron chi connectivity index (χ3n) is 2.58. The first-order valence-corrected chi connectivity index (χ1v) is 6.05. The number of rotatable bonds is 3. The molecule has 0 aliphatic heterocycles. The number of primary amides is 1. The number of hydrogen-bond donors (Lipinski definition) is 2. The van der Waals surface area contributed by atoms with Crippen LogP contribution in [0.25, 0.3) is 0 Å². The molecule has 3 N–H and O–H groups in total. The molecule has 0 unspecified atom stereocenters. The van der Waals surface area contributed by atoms with Crippen molar-refractivity contribution in [2.75, 3.05) is 5.32 Å². The lowest BCUT2D eigenvalue weighted by Gasteiger charge is -2.12. The molecule has 4 nitrogen and oxygen atoms in total. The van der Waals surface area contributed by atoms with Crippen molar-refractivity contribution in [3.63, 3.8) is 0 Å². The normalized spacial score (nSPS) is 11.2. The van der Waals surface area contributed by atoms with Crippen LogP contribution in [-0.4, -0.2) is 10.9 Å². The van der Waals surface area contributed by atoms with Gasteiger partial charge in [0, 0.05) is 16.9 Å². The Bertz CT molecular complexity index is 689. The van der Waals surface area contributed by atoms with Gasteiger partial charge in [-0.25, -0.2) is 0 Å². The summed E-state index contributed by atoms with van der Waals surface area (Å²) in [5.41, 5.74) is 4.63. The van der Waals surface area contributed by atoms with Gasteiger partial charge < -0.3 is 11.1 Å². The van der Waals surface area contributed by atoms with Crippen molar-refractivity contribution in [1.29, 1.82) is 0 Å². The molecule has 1 amide bonds. The molecule has 0 saturated carbocycles. The summed E-state index contributed by atoms with van der Waals surface area (Å²) < 4.78 is 37.8. The van der Waals surface area contributed by atoms with E-state index in [0.29, 0.717) is 5.02 Å². The number of aromatic nitrogens is 1. The van der Waals surface area contributed by atoms with Gasteiger partial charge in [0.05, 0.1) is 11.3 Å². The SMILES string of the molecule is NC(=O)c1cc(Cl)ccc1Nc1ccnc(C(F)(F)F)c1. The average Bonchev–Trinajstić information content (AvgIpc) is 2.40. The molecule has 21 heavy (non-hydrogen) atoms. The maximum atomic E-state index is 12.6. The number of nitrogens with zero attached hydrogens (tertiary/aromatic N) is 1. The van der Waals surface area contributed by atoms with E-state index in [1.54, 1.807) is 0 Å². The van der Waals surface area contributed by atoms with Crippen LogP contribution >= 0.6 is 11.6 Å². The summed E-state index contributed by atoms with van der Waals surface area (Å²) in [5.74, 6) is -0.745. The summed E-state index contributed by atoms with van der Waals surface area (Å²) >= 11 is 5.75. The van der Waals surface area contributed by atoms with E-state index in [1.165, 1.54) is 24.3 Å². The number of anilines is 2. The number of benzene rings is 1. The summed E-state index contributed by atoms with van der Waals surface area (Å²) in [7, 11) is 0. The summed E-state index contributed by atoms with van der Waals surface area (Å²) in [6.45, 7) is 0. The Hall–Kier alpha value is -2.28. The maximum Gasteiger partial charge on any atom is 0.433 e. The van der Waals surface area contributed by atoms with Crippen molar-refractivity contribution in [3.8, 4) is 0 Å². The molecule has 0 fully saturated rings. The fourth-order valence-corrected chi connectivity index (χ4v) is 1.82. The van der Waals surface area contributed by atoms with Crippen molar-refractivity contribution in [2.45, 2.75) is 6.18 Å². The van der Waals surface area contributed by atoms with Crippen molar-refractivity contribution in [2.24, 2.45) is 5.73 Å². The minimum atomic E-state index is -4.55. The third-order valence-corrected chi connectivity index (χ3v) is 2.81. The minimum absolute atomic E-state index is 0.0767. The number of nitrogens with two attached hydrogens (primary N) is 1. The minimum Gasteiger partial charge on any atom is -0.366 e. The Morgan fingerprint density at radius 3 is 2.57 bits per heavy atom. The Morgan fingerprint density at radius 1 is 1.24 bits per heavy atom. The molecule has 0 atom stereocenters. The second-order valence-corrected chi connectivity index (χ2v) is 4.54. The Balaban J connectivity index is 2.37. The van der Waals surface area contributed by atoms with Gasteiger partial charge in [-0.15, -0.1) is 0 Å². The van der Waals surface area contributed by atoms with E-state index in [-0.39, 0.29) is 16.9 Å². The van der Waals surface area contributed by atoms with E-state index in [1.807, 2.05) is 0 Å². The fourth-order valence-electron chi connectivity index (χ4n) is 1.65. The highest BCUT2D eigenvalue weighted by molar-refractivity contribution is 6.31. The molecule has 110 valence electrons. The van der Waals surface area contributed by atoms with Crippen LogP contribution < -0.4 is 11.1 Å². The molecule has 0 spiro atoms. The molecule has 0 aliphatic rings. The van der Waals surface area contributed by atoms with E-state index in [4.69, 9.17) is 17.3 Å². The molecule has 2 aromatic rings. The largest absolute Gasteiger partial charge is 0.433 e. The number of carbonyl (C=O) groups is 1. The van der Waals surface area contributed by atoms with Crippen LogP contribution in [0.4, 0.5) is 24.5 Å². The zero-order valence-corrected chi connectivity index (χ0v) is 11.2. The number of nitrogens with one attached hydrogen (secondary N) is 1. The Labute approximate surface area is 122 Å². The summed E-state index contributed by atoms with van der Waals surface area (Å²) in [5, 5.41) is 2.99. The van der Waals surface area contributed by atoms with Crippen LogP contribution in [0.1, 0.15) is 16.1 Å². The highest BCUT2D eigenvalue weighted by Crippen LogP contribution is 2.30. The molecule has 0 saturated heterocycles. The molecule has 0 radical (unpaired) electrons. The van der Waals surface area contributed by atoms with E-state index < -0.39 is 17.8 Å². The number of carbonyl (C=O) groups excluding carboxylic acids is 1. The lowest BCUT2D eigenvalue weighted by atomic mass is 10.1. The number of pyridine rings is 1. The van der Waals surface area contributed by atoms with Gasteiger partial charge in [0.2, 0.25) is 0 Å². The van der Waals surface area contributed by atoms with Crippen LogP contribution in [-0.2, 0) is 6.18 Å². The van der Waals surface area contributed by atoms with Crippen molar-refractivity contribution < 1.29 is 18.0 Å². The van der Waals surface area contributed by atoms with Gasteiger partial charge in [-0.3, -0.25) is 9.78 Å². The smallest absolute Gasteiger partial charge is 0.366 e. The van der Waals surface area contributed by atoms with Gasteiger partial charge in [0.1, 0.15) is 5.69 Å². The zero-order valence-electron chi connectivity index (χ0n) is 10.4. The molecule has 2 rings (SSSR count). The zero-order chi connectivity index (χ0) is 15.6. The van der Waals surface area contributed by atoms with E-state index in [0.717, 1.165) is 12.3 Å². The quantitative estimate of drug-likeness (QED) is 0.909. The molecule has 8 heteroatoms. The molecular formula is C13H9ClF3N3O. The standard InChI is InChI=1S/C13H9ClF3N3O/c14-7-1-2-10(9(5-7)12(18)21)20-8-3-4-19-11(6-8)13(15,16)17/h1-6H,(H2,18,21)(H,19,20). The number of amides is 1. The summed E-state index contributed by atoms with van der Waals surface area (Å²) in [4.78, 5) is 14.6. The van der Waals surface area contributed by atoms with Crippen LogP contribution in [0.5, 0.6) is 0 Å². The van der Waals surface area contributed by atoms with Crippen LogP contribution in [0.3, 0.4) is 0 Å². The molecule has 1 aromatic heterocycles. The predicted octanol–water partition coefficient (Wildman–Crippen LogP) is 3.60. The van der Waals surface area contributed by atoms with Crippen LogP contribution in [0.15, 0.2) is 36.5 Å². The first-order valence-electron chi connectivity index (χ1n) is 5.67. The second-order valence-electron chi connectivity index (χ2n) is 4.11. The lowest BCUT2D eigenvalue weighted by molar-refractivity contribution is -0.141. The molecule has 1 aromatic carbocycles. The monoisotopic (exact) mass is 315 g/mol. The first-order chi connectivity index (χ1) is 9.77. The lowest BCUT2D eigenvalue weighted by Crippen LogP contribution is -2.13. The van der Waals surface area contributed by atoms with Crippen molar-refractivity contribution in [3.05, 3.63) is 52.8 Å². The molecular weight excluding hydrogens is 307 g/mol. The topological polar surface area (TPSA) is 68.0 Å². The van der Waals surface area contributed by atoms with E-state index >= 15 is 0 Å².